The molecule has 32 heavy (non-hydrogen) atoms. The lowest BCUT2D eigenvalue weighted by atomic mass is 9.78. The number of carbonyl (C=O) groups excluding carboxylic acids is 1. The molecule has 0 heterocycles. The molecule has 0 radical (unpaired) electrons. The van der Waals surface area contributed by atoms with Crippen LogP contribution in [0.5, 0.6) is 34.5 Å². The van der Waals surface area contributed by atoms with Crippen LogP contribution in [0.2, 0.25) is 0 Å². The third-order valence-corrected chi connectivity index (χ3v) is 5.62. The number of ether oxygens (including phenoxy) is 1. The summed E-state index contributed by atoms with van der Waals surface area (Å²) in [6.45, 7) is 0. The van der Waals surface area contributed by atoms with Gasteiger partial charge in [-0.05, 0) is 35.2 Å². The zero-order valence-electron chi connectivity index (χ0n) is 16.5. The summed E-state index contributed by atoms with van der Waals surface area (Å²) in [5, 5.41) is 58.2. The minimum Gasteiger partial charge on any atom is -0.504 e. The minimum atomic E-state index is -1.45. The van der Waals surface area contributed by atoms with Gasteiger partial charge in [0.1, 0.15) is 11.7 Å². The molecular weight excluding hydrogens is 423 g/mol. The number of aromatic hydroxyl groups is 6. The number of phenolic OH excluding ortho intramolecular Hbond substituents is 6. The summed E-state index contributed by atoms with van der Waals surface area (Å²) in [6, 6.07) is 10.5. The fourth-order valence-corrected chi connectivity index (χ4v) is 3.95. The molecule has 3 aromatic rings. The summed E-state index contributed by atoms with van der Waals surface area (Å²) in [7, 11) is 0. The molecule has 9 heteroatoms. The number of phenols is 6. The summed E-state index contributed by atoms with van der Waals surface area (Å²) in [5.41, 5.74) is 1.43. The Morgan fingerprint density at radius 2 is 1.38 bits per heavy atom. The maximum Gasteiger partial charge on any atom is 0.341 e. The summed E-state index contributed by atoms with van der Waals surface area (Å²) in [6.07, 6.45) is -0.294. The molecule has 0 amide bonds. The van der Waals surface area contributed by atoms with Crippen molar-refractivity contribution in [3.8, 4) is 34.5 Å². The van der Waals surface area contributed by atoms with Crippen LogP contribution in [0.1, 0.15) is 33.0 Å². The second-order valence-corrected chi connectivity index (χ2v) is 7.59. The van der Waals surface area contributed by atoms with E-state index in [0.717, 1.165) is 11.1 Å². The number of carbonyl (C=O) groups is 1. The van der Waals surface area contributed by atoms with E-state index in [1.807, 2.05) is 24.3 Å². The highest BCUT2D eigenvalue weighted by atomic mass is 19.1. The van der Waals surface area contributed by atoms with E-state index in [1.165, 1.54) is 12.1 Å². The topological polar surface area (TPSA) is 148 Å². The molecule has 1 aliphatic carbocycles. The van der Waals surface area contributed by atoms with Gasteiger partial charge in [0.25, 0.3) is 0 Å². The van der Waals surface area contributed by atoms with E-state index in [4.69, 9.17) is 4.74 Å². The lowest BCUT2D eigenvalue weighted by Crippen LogP contribution is -2.33. The third kappa shape index (κ3) is 3.58. The molecule has 6 N–H and O–H groups in total. The molecule has 0 spiro atoms. The van der Waals surface area contributed by atoms with E-state index >= 15 is 0 Å². The molecule has 1 aliphatic rings. The largest absolute Gasteiger partial charge is 0.504 e. The Bertz CT molecular complexity index is 1200. The van der Waals surface area contributed by atoms with Gasteiger partial charge in [0.2, 0.25) is 5.75 Å². The molecule has 0 bridgehead atoms. The van der Waals surface area contributed by atoms with Crippen molar-refractivity contribution in [1.82, 2.24) is 0 Å². The zero-order valence-corrected chi connectivity index (χ0v) is 16.5. The monoisotopic (exact) mass is 442 g/mol. The smallest absolute Gasteiger partial charge is 0.341 e. The van der Waals surface area contributed by atoms with Gasteiger partial charge in [0.15, 0.2) is 34.6 Å². The molecule has 0 saturated carbocycles. The summed E-state index contributed by atoms with van der Waals surface area (Å²) >= 11 is 0. The quantitative estimate of drug-likeness (QED) is 0.268. The highest BCUT2D eigenvalue weighted by Crippen LogP contribution is 2.43. The normalized spacial score (nSPS) is 17.5. The van der Waals surface area contributed by atoms with Crippen molar-refractivity contribution in [3.63, 3.8) is 0 Å². The Kier molecular flexibility index (Phi) is 5.17. The van der Waals surface area contributed by atoms with Crippen molar-refractivity contribution in [2.45, 2.75) is 24.9 Å². The minimum absolute atomic E-state index is 0.229. The van der Waals surface area contributed by atoms with Crippen LogP contribution in [0, 0.1) is 5.82 Å². The number of fused-ring (bicyclic) bond motifs is 1. The predicted molar refractivity (Wildman–Crippen MR) is 109 cm³/mol. The van der Waals surface area contributed by atoms with Crippen LogP contribution in [-0.2, 0) is 17.6 Å². The first-order chi connectivity index (χ1) is 15.2. The number of benzene rings is 3. The van der Waals surface area contributed by atoms with Gasteiger partial charge in [-0.25, -0.2) is 9.18 Å². The van der Waals surface area contributed by atoms with E-state index in [0.29, 0.717) is 18.1 Å². The maximum absolute atomic E-state index is 14.3. The van der Waals surface area contributed by atoms with E-state index in [9.17, 15) is 39.8 Å². The van der Waals surface area contributed by atoms with Crippen LogP contribution in [-0.4, -0.2) is 42.7 Å². The fourth-order valence-electron chi connectivity index (χ4n) is 3.95. The molecule has 0 aromatic heterocycles. The maximum atomic E-state index is 14.3. The number of hydrogen-bond acceptors (Lipinski definition) is 8. The van der Waals surface area contributed by atoms with Crippen molar-refractivity contribution in [1.29, 1.82) is 0 Å². The van der Waals surface area contributed by atoms with Gasteiger partial charge in [-0.15, -0.1) is 0 Å². The first-order valence-corrected chi connectivity index (χ1v) is 9.63. The third-order valence-electron chi connectivity index (χ3n) is 5.62. The van der Waals surface area contributed by atoms with Crippen molar-refractivity contribution in [2.24, 2.45) is 0 Å². The van der Waals surface area contributed by atoms with Crippen molar-refractivity contribution >= 4 is 5.97 Å². The summed E-state index contributed by atoms with van der Waals surface area (Å²) in [5.74, 6) is -8.27. The van der Waals surface area contributed by atoms with Crippen LogP contribution < -0.4 is 0 Å². The standard InChI is InChI=1S/C23H19FO8/c24-19-14(9-17(27)21(29)22(19)30)23(31)32-18-8-11-4-2-1-3-10(11)5-13(18)12-6-15(25)20(28)16(26)7-12/h1-4,6-7,9,13,18,25-30H,5,8H2/t13?,18-/m0/s1. The molecular formula is C23H19FO8. The Morgan fingerprint density at radius 3 is 2.00 bits per heavy atom. The molecule has 0 saturated heterocycles. The lowest BCUT2D eigenvalue weighted by molar-refractivity contribution is 0.0209. The zero-order chi connectivity index (χ0) is 23.2. The first kappa shape index (κ1) is 21.1. The molecule has 4 rings (SSSR count). The Hall–Kier alpha value is -4.14. The number of esters is 1. The first-order valence-electron chi connectivity index (χ1n) is 9.63. The number of rotatable bonds is 3. The van der Waals surface area contributed by atoms with Gasteiger partial charge >= 0.3 is 5.97 Å². The highest BCUT2D eigenvalue weighted by molar-refractivity contribution is 5.91. The van der Waals surface area contributed by atoms with Crippen LogP contribution in [0.15, 0.2) is 42.5 Å². The second-order valence-electron chi connectivity index (χ2n) is 7.59. The van der Waals surface area contributed by atoms with Crippen molar-refractivity contribution in [3.05, 3.63) is 70.5 Å². The van der Waals surface area contributed by atoms with Gasteiger partial charge < -0.3 is 35.4 Å². The second kappa shape index (κ2) is 7.84. The van der Waals surface area contributed by atoms with Crippen molar-refractivity contribution in [2.75, 3.05) is 0 Å². The van der Waals surface area contributed by atoms with Crippen LogP contribution >= 0.6 is 0 Å². The Balaban J connectivity index is 1.73. The number of halogens is 1. The molecule has 0 aliphatic heterocycles. The average molecular weight is 442 g/mol. The van der Waals surface area contributed by atoms with E-state index in [1.54, 1.807) is 0 Å². The van der Waals surface area contributed by atoms with Gasteiger partial charge in [-0.1, -0.05) is 24.3 Å². The van der Waals surface area contributed by atoms with Gasteiger partial charge in [0.05, 0.1) is 0 Å². The van der Waals surface area contributed by atoms with Gasteiger partial charge in [0, 0.05) is 18.4 Å². The summed E-state index contributed by atoms with van der Waals surface area (Å²) < 4.78 is 19.9. The van der Waals surface area contributed by atoms with Crippen LogP contribution in [0.25, 0.3) is 0 Å². The summed E-state index contributed by atoms with van der Waals surface area (Å²) in [4.78, 5) is 12.7. The Morgan fingerprint density at radius 1 is 0.812 bits per heavy atom. The van der Waals surface area contributed by atoms with E-state index in [2.05, 4.69) is 0 Å². The van der Waals surface area contributed by atoms with Gasteiger partial charge in [-0.2, -0.15) is 0 Å². The van der Waals surface area contributed by atoms with Crippen LogP contribution in [0.3, 0.4) is 0 Å². The molecule has 0 fully saturated rings. The molecule has 2 atom stereocenters. The number of hydrogen-bond donors (Lipinski definition) is 6. The average Bonchev–Trinajstić information content (AvgIpc) is 2.77. The van der Waals surface area contributed by atoms with E-state index in [-0.39, 0.29) is 6.42 Å². The van der Waals surface area contributed by atoms with Gasteiger partial charge in [-0.3, -0.25) is 0 Å². The fraction of sp³-hybridized carbons (Fsp3) is 0.174. The molecule has 3 aromatic carbocycles. The highest BCUT2D eigenvalue weighted by Gasteiger charge is 2.35. The van der Waals surface area contributed by atoms with Crippen molar-refractivity contribution < 1.29 is 44.6 Å². The molecule has 166 valence electrons. The molecule has 8 nitrogen and oxygen atoms in total. The Labute approximate surface area is 181 Å². The SMILES string of the molecule is O=C(O[C@H]1Cc2ccccc2CC1c1cc(O)c(O)c(O)c1)c1cc(O)c(O)c(O)c1F. The molecule has 1 unspecified atom stereocenters. The van der Waals surface area contributed by atoms with Crippen LogP contribution in [0.4, 0.5) is 4.39 Å². The predicted octanol–water partition coefficient (Wildman–Crippen LogP) is 3.17. The van der Waals surface area contributed by atoms with E-state index < -0.39 is 63.9 Å². The lowest BCUT2D eigenvalue weighted by Gasteiger charge is -2.33.